The molecule has 0 aromatic rings. The van der Waals surface area contributed by atoms with Gasteiger partial charge in [-0.3, -0.25) is 14.8 Å². The Hall–Kier alpha value is -0.730. The van der Waals surface area contributed by atoms with Crippen LogP contribution in [0.3, 0.4) is 0 Å². The van der Waals surface area contributed by atoms with Crippen LogP contribution in [0.25, 0.3) is 0 Å². The number of rotatable bonds is 5. The lowest BCUT2D eigenvalue weighted by Crippen LogP contribution is -2.51. The van der Waals surface area contributed by atoms with E-state index in [0.717, 1.165) is 47.1 Å². The molecule has 0 aromatic heterocycles. The van der Waals surface area contributed by atoms with Gasteiger partial charge in [0.25, 0.3) is 0 Å². The maximum absolute atomic E-state index is 4.01. The molecule has 6 aliphatic carbocycles. The van der Waals surface area contributed by atoms with Crippen LogP contribution >= 0.6 is 0 Å². The highest BCUT2D eigenvalue weighted by Gasteiger charge is 2.53. The first-order chi connectivity index (χ1) is 15.8. The number of nitrogens with one attached hydrogen (secondary N) is 1. The Bertz CT molecular complexity index is 693. The first-order valence-electron chi connectivity index (χ1n) is 14.9. The average molecular weight is 439 g/mol. The van der Waals surface area contributed by atoms with E-state index < -0.39 is 0 Å². The predicted octanol–water partition coefficient (Wildman–Crippen LogP) is 5.78. The molecule has 0 spiro atoms. The summed E-state index contributed by atoms with van der Waals surface area (Å²) < 4.78 is 2.91. The van der Waals surface area contributed by atoms with Gasteiger partial charge in [-0.15, -0.1) is 0 Å². The summed E-state index contributed by atoms with van der Waals surface area (Å²) in [6.45, 7) is 3.92. The van der Waals surface area contributed by atoms with E-state index in [0.29, 0.717) is 0 Å². The molecule has 8 rings (SSSR count). The van der Waals surface area contributed by atoms with Gasteiger partial charge in [0, 0.05) is 0 Å². The molecule has 1 N–H and O–H groups in total. The lowest BCUT2D eigenvalue weighted by Gasteiger charge is -2.57. The highest BCUT2D eigenvalue weighted by molar-refractivity contribution is 5.78. The van der Waals surface area contributed by atoms with Crippen LogP contribution in [-0.4, -0.2) is 47.2 Å². The normalized spacial score (nSPS) is 44.4. The second-order valence-electron chi connectivity index (χ2n) is 13.6. The van der Waals surface area contributed by atoms with Crippen molar-refractivity contribution in [3.8, 4) is 0 Å². The Morgan fingerprint density at radius 1 is 0.781 bits per heavy atom. The summed E-state index contributed by atoms with van der Waals surface area (Å²) in [6.07, 6.45) is 25.8. The molecule has 0 unspecified atom stereocenters. The minimum absolute atomic E-state index is 0.723. The topological polar surface area (TPSA) is 18.3 Å². The average Bonchev–Trinajstić information content (AvgIpc) is 3.37. The molecule has 0 aromatic carbocycles. The van der Waals surface area contributed by atoms with Crippen molar-refractivity contribution in [1.82, 2.24) is 10.2 Å². The van der Waals surface area contributed by atoms with E-state index in [4.69, 9.17) is 0 Å². The summed E-state index contributed by atoms with van der Waals surface area (Å²) in [5.74, 6) is 6.77. The quantitative estimate of drug-likeness (QED) is 0.549. The molecule has 0 amide bonds. The standard InChI is InChI=1S/C29H47N3/c1-3-7-24(8-4-1)26-19-30-28-31(27(20-32(26)28)25-9-5-2-6-10-25)12-11-29-16-21-13-22(17-29)15-23(14-21)18-29/h21-27H,1-20H2/p+1/t21?,22?,23?,26-,27+,29?/m0/s1. The SMILES string of the molecule is C1CCC([C@H]2C[N+]3=C(NC[C@H]3C3CCCCC3)N2CCC23CC4CC(CC(C4)C2)C3)CC1. The van der Waals surface area contributed by atoms with Crippen molar-refractivity contribution < 1.29 is 4.58 Å². The third-order valence-electron chi connectivity index (χ3n) is 11.6. The number of guanidine groups is 1. The minimum Gasteiger partial charge on any atom is -0.274 e. The molecular formula is C29H48N3+. The monoisotopic (exact) mass is 438 g/mol. The first kappa shape index (κ1) is 20.6. The summed E-state index contributed by atoms with van der Waals surface area (Å²) in [5, 5.41) is 4.01. The zero-order valence-corrected chi connectivity index (χ0v) is 20.6. The van der Waals surface area contributed by atoms with Crippen molar-refractivity contribution in [2.45, 2.75) is 121 Å². The smallest absolute Gasteiger partial charge is 0.274 e. The van der Waals surface area contributed by atoms with Gasteiger partial charge < -0.3 is 0 Å². The van der Waals surface area contributed by atoms with E-state index in [1.54, 1.807) is 44.5 Å². The minimum atomic E-state index is 0.723. The zero-order valence-electron chi connectivity index (χ0n) is 20.6. The van der Waals surface area contributed by atoms with E-state index in [-0.39, 0.29) is 0 Å². The third kappa shape index (κ3) is 3.54. The summed E-state index contributed by atoms with van der Waals surface area (Å²) in [6, 6.07) is 1.60. The first-order valence-corrected chi connectivity index (χ1v) is 14.9. The van der Waals surface area contributed by atoms with Gasteiger partial charge >= 0.3 is 5.96 Å². The zero-order chi connectivity index (χ0) is 21.1. The molecule has 0 saturated heterocycles. The number of hydrogen-bond acceptors (Lipinski definition) is 2. The molecule has 3 nitrogen and oxygen atoms in total. The second kappa shape index (κ2) is 8.19. The van der Waals surface area contributed by atoms with Crippen LogP contribution in [0.5, 0.6) is 0 Å². The Kier molecular flexibility index (Phi) is 5.28. The molecule has 8 aliphatic rings. The Labute approximate surface area is 196 Å². The van der Waals surface area contributed by atoms with Gasteiger partial charge in [0.2, 0.25) is 0 Å². The van der Waals surface area contributed by atoms with Crippen molar-refractivity contribution in [3.05, 3.63) is 0 Å². The van der Waals surface area contributed by atoms with Crippen molar-refractivity contribution in [2.24, 2.45) is 35.0 Å². The van der Waals surface area contributed by atoms with E-state index >= 15 is 0 Å². The second-order valence-corrected chi connectivity index (χ2v) is 13.6. The van der Waals surface area contributed by atoms with Crippen LogP contribution < -0.4 is 5.32 Å². The largest absolute Gasteiger partial charge is 0.349 e. The van der Waals surface area contributed by atoms with Gasteiger partial charge in [-0.25, -0.2) is 0 Å². The van der Waals surface area contributed by atoms with Gasteiger partial charge in [0.15, 0.2) is 0 Å². The molecule has 2 atom stereocenters. The van der Waals surface area contributed by atoms with Gasteiger partial charge in [0.05, 0.1) is 13.1 Å². The van der Waals surface area contributed by atoms with Gasteiger partial charge in [-0.1, -0.05) is 38.5 Å². The van der Waals surface area contributed by atoms with Gasteiger partial charge in [-0.2, -0.15) is 0 Å². The van der Waals surface area contributed by atoms with Crippen LogP contribution in [0.2, 0.25) is 0 Å². The van der Waals surface area contributed by atoms with Crippen LogP contribution in [0.1, 0.15) is 109 Å². The summed E-state index contributed by atoms with van der Waals surface area (Å²) in [4.78, 5) is 2.97. The predicted molar refractivity (Wildman–Crippen MR) is 131 cm³/mol. The van der Waals surface area contributed by atoms with E-state index in [2.05, 4.69) is 14.8 Å². The molecular weight excluding hydrogens is 390 g/mol. The molecule has 6 fully saturated rings. The molecule has 4 bridgehead atoms. The fraction of sp³-hybridized carbons (Fsp3) is 0.966. The van der Waals surface area contributed by atoms with Gasteiger partial charge in [0.1, 0.15) is 18.6 Å². The fourth-order valence-corrected chi connectivity index (χ4v) is 10.6. The summed E-state index contributed by atoms with van der Waals surface area (Å²) in [5.41, 5.74) is 0.723. The lowest BCUT2D eigenvalue weighted by atomic mass is 9.49. The van der Waals surface area contributed by atoms with Crippen molar-refractivity contribution >= 4 is 5.96 Å². The molecule has 2 heterocycles. The highest BCUT2D eigenvalue weighted by atomic mass is 15.5. The highest BCUT2D eigenvalue weighted by Crippen LogP contribution is 2.61. The maximum atomic E-state index is 4.01. The Morgan fingerprint density at radius 2 is 1.38 bits per heavy atom. The molecule has 3 heteroatoms. The van der Waals surface area contributed by atoms with Crippen LogP contribution in [0, 0.1) is 35.0 Å². The van der Waals surface area contributed by atoms with Crippen molar-refractivity contribution in [2.75, 3.05) is 19.6 Å². The van der Waals surface area contributed by atoms with Gasteiger partial charge in [-0.05, 0) is 106 Å². The lowest BCUT2D eigenvalue weighted by molar-refractivity contribution is -0.560. The van der Waals surface area contributed by atoms with Crippen molar-refractivity contribution in [1.29, 1.82) is 0 Å². The Morgan fingerprint density at radius 3 is 2.00 bits per heavy atom. The van der Waals surface area contributed by atoms with Crippen LogP contribution in [0.15, 0.2) is 0 Å². The summed E-state index contributed by atoms with van der Waals surface area (Å²) >= 11 is 0. The fourth-order valence-electron chi connectivity index (χ4n) is 10.6. The number of nitrogens with zero attached hydrogens (tertiary/aromatic N) is 2. The van der Waals surface area contributed by atoms with E-state index in [1.807, 2.05) is 0 Å². The van der Waals surface area contributed by atoms with Crippen LogP contribution in [-0.2, 0) is 0 Å². The van der Waals surface area contributed by atoms with Crippen molar-refractivity contribution in [3.63, 3.8) is 0 Å². The molecule has 6 saturated carbocycles. The Balaban J connectivity index is 1.11. The maximum Gasteiger partial charge on any atom is 0.349 e. The molecule has 32 heavy (non-hydrogen) atoms. The molecule has 0 radical (unpaired) electrons. The molecule has 2 aliphatic heterocycles. The van der Waals surface area contributed by atoms with Crippen LogP contribution in [0.4, 0.5) is 0 Å². The van der Waals surface area contributed by atoms with E-state index in [1.165, 1.54) is 90.3 Å². The third-order valence-corrected chi connectivity index (χ3v) is 11.6. The number of hydrogen-bond donors (Lipinski definition) is 1. The molecule has 178 valence electrons. The summed E-state index contributed by atoms with van der Waals surface area (Å²) in [7, 11) is 0. The van der Waals surface area contributed by atoms with E-state index in [9.17, 15) is 0 Å².